The molecule has 174 valence electrons. The fourth-order valence-electron chi connectivity index (χ4n) is 5.02. The first-order valence-electron chi connectivity index (χ1n) is 11.3. The Morgan fingerprint density at radius 3 is 2.44 bits per heavy atom. The van der Waals surface area contributed by atoms with Gasteiger partial charge in [0.15, 0.2) is 0 Å². The number of halogens is 3. The Balaban J connectivity index is 1.31. The summed E-state index contributed by atoms with van der Waals surface area (Å²) in [4.78, 5) is 21.8. The molecule has 1 saturated heterocycles. The Morgan fingerprint density at radius 2 is 1.71 bits per heavy atom. The number of piperidine rings is 1. The van der Waals surface area contributed by atoms with Gasteiger partial charge < -0.3 is 4.90 Å². The van der Waals surface area contributed by atoms with Crippen LogP contribution in [0.3, 0.4) is 0 Å². The zero-order valence-corrected chi connectivity index (χ0v) is 20.8. The van der Waals surface area contributed by atoms with E-state index >= 15 is 0 Å². The molecule has 0 radical (unpaired) electrons. The number of hydrogen-bond acceptors (Lipinski definition) is 3. The molecule has 7 heteroatoms. The molecule has 4 nitrogen and oxygen atoms in total. The van der Waals surface area contributed by atoms with Gasteiger partial charge in [-0.2, -0.15) is 0 Å². The molecule has 0 unspecified atom stereocenters. The molecule has 3 heterocycles. The summed E-state index contributed by atoms with van der Waals surface area (Å²) in [5, 5.41) is 1.76. The summed E-state index contributed by atoms with van der Waals surface area (Å²) in [7, 11) is 0. The van der Waals surface area contributed by atoms with Gasteiger partial charge >= 0.3 is 0 Å². The molecule has 5 rings (SSSR count). The molecule has 0 saturated carbocycles. The Labute approximate surface area is 214 Å². The van der Waals surface area contributed by atoms with Gasteiger partial charge in [0.1, 0.15) is 5.15 Å². The minimum atomic E-state index is -0.0941. The van der Waals surface area contributed by atoms with Crippen molar-refractivity contribution in [3.05, 3.63) is 98.8 Å². The molecule has 2 aliphatic heterocycles. The second-order valence-electron chi connectivity index (χ2n) is 8.95. The maximum atomic E-state index is 13.4. The monoisotopic (exact) mass is 511 g/mol. The van der Waals surface area contributed by atoms with Gasteiger partial charge in [0.05, 0.1) is 0 Å². The van der Waals surface area contributed by atoms with E-state index in [2.05, 4.69) is 22.0 Å². The van der Waals surface area contributed by atoms with Gasteiger partial charge in [0, 0.05) is 46.0 Å². The summed E-state index contributed by atoms with van der Waals surface area (Å²) in [6.45, 7) is 3.45. The lowest BCUT2D eigenvalue weighted by atomic mass is 9.74. The van der Waals surface area contributed by atoms with Crippen molar-refractivity contribution in [2.24, 2.45) is 0 Å². The fraction of sp³-hybridized carbons (Fsp3) is 0.259. The molecule has 0 bridgehead atoms. The Morgan fingerprint density at radius 1 is 0.971 bits per heavy atom. The highest BCUT2D eigenvalue weighted by molar-refractivity contribution is 6.31. The second-order valence-corrected chi connectivity index (χ2v) is 10.2. The predicted molar refractivity (Wildman–Crippen MR) is 140 cm³/mol. The van der Waals surface area contributed by atoms with Crippen LogP contribution in [-0.4, -0.2) is 42.0 Å². The van der Waals surface area contributed by atoms with Crippen molar-refractivity contribution in [2.75, 3.05) is 31.1 Å². The van der Waals surface area contributed by atoms with Crippen LogP contribution in [0.1, 0.15) is 34.3 Å². The molecule has 1 spiro atoms. The number of benzene rings is 2. The SMILES string of the molecule is O=C(c1ccnc(Cl)c1)N1CC2(CCN(C/C=C/c3ccc(Cl)cc3)CC2)c2cc(Cl)ccc21. The molecule has 1 amide bonds. The third-order valence-electron chi connectivity index (χ3n) is 6.86. The molecule has 2 aliphatic rings. The first kappa shape index (κ1) is 23.4. The summed E-state index contributed by atoms with van der Waals surface area (Å²) in [5.41, 5.74) is 3.71. The lowest BCUT2D eigenvalue weighted by Crippen LogP contribution is -2.46. The lowest BCUT2D eigenvalue weighted by Gasteiger charge is -2.39. The highest BCUT2D eigenvalue weighted by atomic mass is 35.5. The number of likely N-dealkylation sites (tertiary alicyclic amines) is 1. The summed E-state index contributed by atoms with van der Waals surface area (Å²) < 4.78 is 0. The number of hydrogen-bond donors (Lipinski definition) is 0. The Hall–Kier alpha value is -2.37. The van der Waals surface area contributed by atoms with Crippen molar-refractivity contribution in [3.63, 3.8) is 0 Å². The van der Waals surface area contributed by atoms with E-state index < -0.39 is 0 Å². The summed E-state index contributed by atoms with van der Waals surface area (Å²) >= 11 is 18.4. The number of carbonyl (C=O) groups excluding carboxylic acids is 1. The topological polar surface area (TPSA) is 36.4 Å². The average Bonchev–Trinajstić information content (AvgIpc) is 3.14. The average molecular weight is 513 g/mol. The van der Waals surface area contributed by atoms with E-state index in [4.69, 9.17) is 34.8 Å². The Bertz CT molecular complexity index is 1230. The van der Waals surface area contributed by atoms with Gasteiger partial charge in [-0.25, -0.2) is 4.98 Å². The molecule has 0 N–H and O–H groups in total. The number of aromatic nitrogens is 1. The molecular weight excluding hydrogens is 489 g/mol. The number of rotatable bonds is 4. The van der Waals surface area contributed by atoms with Crippen LogP contribution in [0.5, 0.6) is 0 Å². The molecule has 34 heavy (non-hydrogen) atoms. The van der Waals surface area contributed by atoms with E-state index in [1.54, 1.807) is 18.3 Å². The van der Waals surface area contributed by atoms with E-state index in [1.165, 1.54) is 5.56 Å². The van der Waals surface area contributed by atoms with Crippen molar-refractivity contribution < 1.29 is 4.79 Å². The van der Waals surface area contributed by atoms with Gasteiger partial charge in [-0.3, -0.25) is 9.69 Å². The van der Waals surface area contributed by atoms with Crippen LogP contribution in [0.2, 0.25) is 15.2 Å². The molecule has 0 aliphatic carbocycles. The molecular formula is C27H24Cl3N3O. The van der Waals surface area contributed by atoms with Gasteiger partial charge in [0.2, 0.25) is 0 Å². The number of pyridine rings is 1. The van der Waals surface area contributed by atoms with Crippen molar-refractivity contribution >= 4 is 52.5 Å². The van der Waals surface area contributed by atoms with Crippen LogP contribution in [0.4, 0.5) is 5.69 Å². The molecule has 1 fully saturated rings. The zero-order valence-electron chi connectivity index (χ0n) is 18.6. The van der Waals surface area contributed by atoms with Crippen LogP contribution in [0, 0.1) is 0 Å². The maximum Gasteiger partial charge on any atom is 0.258 e. The van der Waals surface area contributed by atoms with E-state index in [0.717, 1.165) is 48.7 Å². The van der Waals surface area contributed by atoms with Crippen LogP contribution in [-0.2, 0) is 5.41 Å². The third kappa shape index (κ3) is 4.73. The number of amides is 1. The van der Waals surface area contributed by atoms with Crippen molar-refractivity contribution in [1.29, 1.82) is 0 Å². The molecule has 0 atom stereocenters. The van der Waals surface area contributed by atoms with E-state index in [9.17, 15) is 4.79 Å². The largest absolute Gasteiger partial charge is 0.307 e. The van der Waals surface area contributed by atoms with Crippen molar-refractivity contribution in [3.8, 4) is 0 Å². The zero-order chi connectivity index (χ0) is 23.7. The number of anilines is 1. The quantitative estimate of drug-likeness (QED) is 0.363. The third-order valence-corrected chi connectivity index (χ3v) is 7.55. The molecule has 3 aromatic rings. The summed E-state index contributed by atoms with van der Waals surface area (Å²) in [5.74, 6) is -0.0573. The van der Waals surface area contributed by atoms with Crippen molar-refractivity contribution in [2.45, 2.75) is 18.3 Å². The van der Waals surface area contributed by atoms with E-state index in [0.29, 0.717) is 22.3 Å². The smallest absolute Gasteiger partial charge is 0.258 e. The van der Waals surface area contributed by atoms with Gasteiger partial charge in [-0.1, -0.05) is 59.1 Å². The van der Waals surface area contributed by atoms with E-state index in [-0.39, 0.29) is 11.3 Å². The Kier molecular flexibility index (Phi) is 6.67. The van der Waals surface area contributed by atoms with Gasteiger partial charge in [-0.15, -0.1) is 0 Å². The van der Waals surface area contributed by atoms with Gasteiger partial charge in [-0.05, 0) is 79.5 Å². The number of fused-ring (bicyclic) bond motifs is 2. The first-order valence-corrected chi connectivity index (χ1v) is 12.4. The summed E-state index contributed by atoms with van der Waals surface area (Å²) in [6, 6.07) is 17.0. The van der Waals surface area contributed by atoms with Crippen LogP contribution in [0.25, 0.3) is 6.08 Å². The normalized spacial score (nSPS) is 17.4. The fourth-order valence-corrected chi connectivity index (χ4v) is 5.49. The predicted octanol–water partition coefficient (Wildman–Crippen LogP) is 6.75. The summed E-state index contributed by atoms with van der Waals surface area (Å²) in [6.07, 6.45) is 7.83. The minimum absolute atomic E-state index is 0.0573. The molecule has 1 aromatic heterocycles. The highest BCUT2D eigenvalue weighted by Gasteiger charge is 2.46. The van der Waals surface area contributed by atoms with Crippen LogP contribution < -0.4 is 4.90 Å². The first-order chi connectivity index (χ1) is 16.4. The standard InChI is InChI=1S/C27H24Cl3N3O/c28-21-5-3-19(4-6-21)2-1-13-32-14-10-27(11-15-32)18-33(24-8-7-22(29)17-23(24)27)26(34)20-9-12-31-25(30)16-20/h1-9,12,16-17H,10-11,13-15,18H2/b2-1+. The van der Waals surface area contributed by atoms with Crippen molar-refractivity contribution in [1.82, 2.24) is 9.88 Å². The van der Waals surface area contributed by atoms with Crippen LogP contribution >= 0.6 is 34.8 Å². The maximum absolute atomic E-state index is 13.4. The van der Waals surface area contributed by atoms with Gasteiger partial charge in [0.25, 0.3) is 5.91 Å². The van der Waals surface area contributed by atoms with E-state index in [1.807, 2.05) is 47.4 Å². The lowest BCUT2D eigenvalue weighted by molar-refractivity contribution is 0.0977. The minimum Gasteiger partial charge on any atom is -0.307 e. The number of carbonyl (C=O) groups is 1. The highest BCUT2D eigenvalue weighted by Crippen LogP contribution is 2.48. The van der Waals surface area contributed by atoms with Crippen LogP contribution in [0.15, 0.2) is 66.9 Å². The molecule has 2 aromatic carbocycles. The second kappa shape index (κ2) is 9.71. The number of nitrogens with zero attached hydrogens (tertiary/aromatic N) is 3.